The van der Waals surface area contributed by atoms with Gasteiger partial charge in [-0.3, -0.25) is 0 Å². The lowest BCUT2D eigenvalue weighted by atomic mass is 10.3. The van der Waals surface area contributed by atoms with Crippen LogP contribution < -0.4 is 5.73 Å². The number of diazo groups is 1. The average molecular weight is 702 g/mol. The first kappa shape index (κ1) is 17.6. The summed E-state index contributed by atoms with van der Waals surface area (Å²) >= 11 is 8.85. The highest BCUT2D eigenvalue weighted by molar-refractivity contribution is 14.1. The second kappa shape index (κ2) is 8.78. The molecular formula is C12H8I4N3+. The Kier molecular flexibility index (Phi) is 8.14. The predicted octanol–water partition coefficient (Wildman–Crippen LogP) is 5.86. The summed E-state index contributed by atoms with van der Waals surface area (Å²) in [7, 11) is 0. The molecule has 0 unspecified atom stereocenters. The zero-order valence-corrected chi connectivity index (χ0v) is 18.1. The average Bonchev–Trinajstić information content (AvgIpc) is 2.26. The second-order valence-electron chi connectivity index (χ2n) is 3.43. The predicted molar refractivity (Wildman–Crippen MR) is 113 cm³/mol. The van der Waals surface area contributed by atoms with E-state index in [1.807, 2.05) is 30.3 Å². The smallest absolute Gasteiger partial charge is 0.387 e. The van der Waals surface area contributed by atoms with Gasteiger partial charge < -0.3 is 5.73 Å². The molecule has 0 spiro atoms. The second-order valence-corrected chi connectivity index (χ2v) is 8.41. The van der Waals surface area contributed by atoms with Crippen molar-refractivity contribution in [1.82, 2.24) is 0 Å². The SMILES string of the molecule is N#[N+]c1cc(I)cc(I)c1.Nc1cc(I)cc(I)c1. The van der Waals surface area contributed by atoms with Gasteiger partial charge in [-0.2, -0.15) is 0 Å². The van der Waals surface area contributed by atoms with Crippen molar-refractivity contribution in [3.8, 4) is 0 Å². The van der Waals surface area contributed by atoms with Crippen LogP contribution in [0.1, 0.15) is 0 Å². The summed E-state index contributed by atoms with van der Waals surface area (Å²) in [5, 5.41) is 8.40. The summed E-state index contributed by atoms with van der Waals surface area (Å²) in [6.45, 7) is 0. The molecule has 0 atom stereocenters. The van der Waals surface area contributed by atoms with Crippen molar-refractivity contribution in [1.29, 1.82) is 5.39 Å². The van der Waals surface area contributed by atoms with E-state index in [9.17, 15) is 0 Å². The Morgan fingerprint density at radius 1 is 0.737 bits per heavy atom. The van der Waals surface area contributed by atoms with Crippen molar-refractivity contribution < 1.29 is 0 Å². The fraction of sp³-hybridized carbons (Fsp3) is 0. The Hall–Kier alpha value is 0.580. The van der Waals surface area contributed by atoms with Gasteiger partial charge in [-0.1, -0.05) is 0 Å². The minimum Gasteiger partial charge on any atom is -0.399 e. The normalized spacial score (nSPS) is 9.21. The Balaban J connectivity index is 0.000000191. The maximum atomic E-state index is 8.40. The number of nitrogen functional groups attached to an aromatic ring is 1. The van der Waals surface area contributed by atoms with Gasteiger partial charge in [-0.15, -0.1) is 0 Å². The van der Waals surface area contributed by atoms with Gasteiger partial charge in [0, 0.05) is 32.1 Å². The molecule has 2 aromatic carbocycles. The van der Waals surface area contributed by atoms with Crippen LogP contribution in [0.15, 0.2) is 36.4 Å². The van der Waals surface area contributed by atoms with E-state index in [0.717, 1.165) is 12.8 Å². The maximum absolute atomic E-state index is 8.40. The molecule has 2 rings (SSSR count). The molecule has 0 aliphatic rings. The number of benzene rings is 2. The molecule has 7 heteroatoms. The first-order valence-corrected chi connectivity index (χ1v) is 9.25. The van der Waals surface area contributed by atoms with Gasteiger partial charge >= 0.3 is 5.69 Å². The molecule has 98 valence electrons. The molecule has 0 amide bonds. The first-order valence-electron chi connectivity index (χ1n) is 4.93. The van der Waals surface area contributed by atoms with Crippen LogP contribution >= 0.6 is 90.4 Å². The van der Waals surface area contributed by atoms with Gasteiger partial charge in [0.1, 0.15) is 0 Å². The zero-order chi connectivity index (χ0) is 14.4. The van der Waals surface area contributed by atoms with Crippen molar-refractivity contribution in [3.05, 3.63) is 55.7 Å². The minimum absolute atomic E-state index is 0.608. The Labute approximate surface area is 166 Å². The molecule has 19 heavy (non-hydrogen) atoms. The quantitative estimate of drug-likeness (QED) is 0.213. The lowest BCUT2D eigenvalue weighted by molar-refractivity contribution is 1.45. The van der Waals surface area contributed by atoms with Gasteiger partial charge in [0.25, 0.3) is 0 Å². The first-order chi connectivity index (χ1) is 8.90. The summed E-state index contributed by atoms with van der Waals surface area (Å²) in [5.41, 5.74) is 7.00. The highest BCUT2D eigenvalue weighted by Gasteiger charge is 2.05. The Morgan fingerprint density at radius 2 is 1.11 bits per heavy atom. The summed E-state index contributed by atoms with van der Waals surface area (Å²) < 4.78 is 4.55. The van der Waals surface area contributed by atoms with Crippen LogP contribution in [0.25, 0.3) is 4.98 Å². The van der Waals surface area contributed by atoms with Crippen molar-refractivity contribution in [2.24, 2.45) is 0 Å². The van der Waals surface area contributed by atoms with Gasteiger partial charge in [-0.25, -0.2) is 0 Å². The van der Waals surface area contributed by atoms with E-state index in [0.29, 0.717) is 5.69 Å². The molecule has 0 heterocycles. The van der Waals surface area contributed by atoms with E-state index in [-0.39, 0.29) is 0 Å². The molecule has 0 radical (unpaired) electrons. The molecule has 0 saturated heterocycles. The van der Waals surface area contributed by atoms with Crippen LogP contribution in [0, 0.1) is 19.7 Å². The van der Waals surface area contributed by atoms with Gasteiger partial charge in [0.2, 0.25) is 5.39 Å². The maximum Gasteiger partial charge on any atom is 0.387 e. The van der Waals surface area contributed by atoms with Crippen molar-refractivity contribution in [3.63, 3.8) is 0 Å². The van der Waals surface area contributed by atoms with Crippen LogP contribution in [0.3, 0.4) is 0 Å². The molecule has 0 saturated carbocycles. The molecule has 0 bridgehead atoms. The summed E-state index contributed by atoms with van der Waals surface area (Å²) in [4.78, 5) is 3.08. The van der Waals surface area contributed by atoms with Crippen LogP contribution in [0.5, 0.6) is 0 Å². The van der Waals surface area contributed by atoms with Crippen LogP contribution in [0.2, 0.25) is 0 Å². The number of nitrogens with two attached hydrogens (primary N) is 1. The molecule has 0 fully saturated rings. The fourth-order valence-electron chi connectivity index (χ4n) is 1.17. The summed E-state index contributed by atoms with van der Waals surface area (Å²) in [5.74, 6) is 0. The topological polar surface area (TPSA) is 54.2 Å². The van der Waals surface area contributed by atoms with Crippen LogP contribution in [-0.2, 0) is 0 Å². The summed E-state index contributed by atoms with van der Waals surface area (Å²) in [6, 6.07) is 11.6. The number of rotatable bonds is 0. The molecule has 3 nitrogen and oxygen atoms in total. The number of nitrogens with zero attached hydrogens (tertiary/aromatic N) is 2. The lowest BCUT2D eigenvalue weighted by Crippen LogP contribution is -1.85. The molecule has 2 N–H and O–H groups in total. The zero-order valence-electron chi connectivity index (χ0n) is 9.45. The molecule has 0 aliphatic carbocycles. The standard InChI is InChI=1S/C6H3I2N2.C6H5I2N/c7-4-1-5(8)3-6(2-4)10-9;7-4-1-5(8)3-6(9)2-4/h1-3H;1-3H,9H2/q+1;. The summed E-state index contributed by atoms with van der Waals surface area (Å²) in [6.07, 6.45) is 0. The lowest BCUT2D eigenvalue weighted by Gasteiger charge is -1.94. The highest BCUT2D eigenvalue weighted by Crippen LogP contribution is 2.20. The van der Waals surface area contributed by atoms with E-state index in [2.05, 4.69) is 101 Å². The van der Waals surface area contributed by atoms with Crippen molar-refractivity contribution in [2.45, 2.75) is 0 Å². The molecule has 0 aliphatic heterocycles. The van der Waals surface area contributed by atoms with Crippen molar-refractivity contribution in [2.75, 3.05) is 5.73 Å². The fourth-order valence-corrected chi connectivity index (χ4v) is 5.06. The monoisotopic (exact) mass is 702 g/mol. The molecule has 0 aromatic heterocycles. The third kappa shape index (κ3) is 7.23. The largest absolute Gasteiger partial charge is 0.399 e. The molecular weight excluding hydrogens is 694 g/mol. The van der Waals surface area contributed by atoms with E-state index in [1.165, 1.54) is 7.14 Å². The van der Waals surface area contributed by atoms with Crippen LogP contribution in [-0.4, -0.2) is 0 Å². The third-order valence-electron chi connectivity index (χ3n) is 1.85. The number of halogens is 4. The minimum atomic E-state index is 0.608. The van der Waals surface area contributed by atoms with E-state index in [4.69, 9.17) is 11.1 Å². The van der Waals surface area contributed by atoms with Gasteiger partial charge in [0.15, 0.2) is 4.98 Å². The third-order valence-corrected chi connectivity index (χ3v) is 4.34. The Morgan fingerprint density at radius 3 is 1.42 bits per heavy atom. The molecule has 2 aromatic rings. The number of anilines is 1. The van der Waals surface area contributed by atoms with E-state index < -0.39 is 0 Å². The van der Waals surface area contributed by atoms with E-state index >= 15 is 0 Å². The van der Waals surface area contributed by atoms with Gasteiger partial charge in [0.05, 0.1) is 0 Å². The highest BCUT2D eigenvalue weighted by atomic mass is 127. The van der Waals surface area contributed by atoms with Crippen LogP contribution in [0.4, 0.5) is 11.4 Å². The number of hydrogen-bond donors (Lipinski definition) is 1. The Bertz CT molecular complexity index is 552. The number of hydrogen-bond acceptors (Lipinski definition) is 2. The van der Waals surface area contributed by atoms with Crippen molar-refractivity contribution >= 4 is 102 Å². The van der Waals surface area contributed by atoms with E-state index in [1.54, 1.807) is 0 Å². The van der Waals surface area contributed by atoms with Gasteiger partial charge in [-0.05, 0) is 115 Å².